The molecule has 1 amide bonds. The zero-order chi connectivity index (χ0) is 18.0. The second kappa shape index (κ2) is 7.11. The van der Waals surface area contributed by atoms with Gasteiger partial charge in [0.15, 0.2) is 0 Å². The van der Waals surface area contributed by atoms with Crippen LogP contribution in [0, 0.1) is 5.82 Å². The Morgan fingerprint density at radius 1 is 1.28 bits per heavy atom. The van der Waals surface area contributed by atoms with E-state index in [1.54, 1.807) is 52.9 Å². The molecule has 0 bridgehead atoms. The average molecular weight is 357 g/mol. The summed E-state index contributed by atoms with van der Waals surface area (Å²) < 4.78 is 15.7. The summed E-state index contributed by atoms with van der Waals surface area (Å²) in [6, 6.07) is 13.8. The minimum absolute atomic E-state index is 0.173. The van der Waals surface area contributed by atoms with Crippen LogP contribution in [0.15, 0.2) is 61.2 Å². The number of fused-ring (bicyclic) bond motifs is 1. The van der Waals surface area contributed by atoms with Gasteiger partial charge in [-0.25, -0.2) is 4.39 Å². The number of benzene rings is 2. The van der Waals surface area contributed by atoms with E-state index in [0.717, 1.165) is 5.56 Å². The third-order valence-electron chi connectivity index (χ3n) is 4.18. The van der Waals surface area contributed by atoms with Crippen LogP contribution < -0.4 is 0 Å². The summed E-state index contributed by atoms with van der Waals surface area (Å²) in [6.07, 6.45) is 1.68. The second-order valence-corrected chi connectivity index (χ2v) is 6.30. The Hall–Kier alpha value is -2.59. The first-order chi connectivity index (χ1) is 12.0. The number of aryl methyl sites for hydroxylation is 1. The number of carbonyl (C=O) groups excluding carboxylic acids is 1. The molecule has 0 N–H and O–H groups in total. The minimum Gasteiger partial charge on any atom is -0.340 e. The summed E-state index contributed by atoms with van der Waals surface area (Å²) in [4.78, 5) is 14.7. The molecule has 0 aliphatic rings. The van der Waals surface area contributed by atoms with Crippen molar-refractivity contribution in [2.75, 3.05) is 6.54 Å². The molecule has 0 aliphatic carbocycles. The second-order valence-electron chi connectivity index (χ2n) is 5.86. The highest BCUT2D eigenvalue weighted by atomic mass is 35.5. The van der Waals surface area contributed by atoms with E-state index in [-0.39, 0.29) is 11.7 Å². The summed E-state index contributed by atoms with van der Waals surface area (Å²) in [5, 5.41) is 1.09. The van der Waals surface area contributed by atoms with Crippen LogP contribution in [0.25, 0.3) is 10.9 Å². The molecule has 0 atom stereocenters. The van der Waals surface area contributed by atoms with E-state index in [0.29, 0.717) is 34.7 Å². The molecule has 3 nitrogen and oxygen atoms in total. The summed E-state index contributed by atoms with van der Waals surface area (Å²) in [6.45, 7) is 4.55. The van der Waals surface area contributed by atoms with Crippen molar-refractivity contribution in [2.45, 2.75) is 6.54 Å². The molecule has 3 aromatic rings. The predicted octanol–water partition coefficient (Wildman–Crippen LogP) is 4.80. The molecule has 128 valence electrons. The van der Waals surface area contributed by atoms with Gasteiger partial charge >= 0.3 is 0 Å². The highest BCUT2D eigenvalue weighted by Crippen LogP contribution is 2.23. The number of carbonyl (C=O) groups is 1. The van der Waals surface area contributed by atoms with Crippen molar-refractivity contribution in [1.29, 1.82) is 0 Å². The van der Waals surface area contributed by atoms with Gasteiger partial charge in [-0.1, -0.05) is 35.9 Å². The Kier molecular flexibility index (Phi) is 4.91. The van der Waals surface area contributed by atoms with Gasteiger partial charge in [0.2, 0.25) is 0 Å². The van der Waals surface area contributed by atoms with E-state index in [4.69, 9.17) is 11.6 Å². The Morgan fingerprint density at radius 2 is 2.00 bits per heavy atom. The van der Waals surface area contributed by atoms with Crippen molar-refractivity contribution in [2.24, 2.45) is 7.05 Å². The van der Waals surface area contributed by atoms with Gasteiger partial charge < -0.3 is 9.47 Å². The molecule has 0 spiro atoms. The molecular formula is C20H18ClFN2O. The van der Waals surface area contributed by atoms with E-state index in [9.17, 15) is 9.18 Å². The van der Waals surface area contributed by atoms with E-state index in [1.807, 2.05) is 12.1 Å². The van der Waals surface area contributed by atoms with Crippen molar-refractivity contribution in [3.05, 3.63) is 83.3 Å². The minimum atomic E-state index is -0.333. The van der Waals surface area contributed by atoms with Crippen LogP contribution in [0.1, 0.15) is 16.1 Å². The van der Waals surface area contributed by atoms with E-state index >= 15 is 0 Å². The monoisotopic (exact) mass is 356 g/mol. The molecule has 0 aliphatic heterocycles. The fourth-order valence-electron chi connectivity index (χ4n) is 2.88. The van der Waals surface area contributed by atoms with E-state index in [1.165, 1.54) is 6.07 Å². The van der Waals surface area contributed by atoms with Crippen LogP contribution in [0.4, 0.5) is 4.39 Å². The molecule has 5 heteroatoms. The standard InChI is InChI=1S/C20H18ClFN2O/c1-3-11-24(13-14-7-9-15(21)10-8-14)20(25)19-12-16-17(22)5-4-6-18(16)23(19)2/h3-10,12H,1,11,13H2,2H3. The lowest BCUT2D eigenvalue weighted by molar-refractivity contribution is 0.0753. The highest BCUT2D eigenvalue weighted by molar-refractivity contribution is 6.30. The molecule has 0 unspecified atom stereocenters. The molecule has 3 rings (SSSR count). The highest BCUT2D eigenvalue weighted by Gasteiger charge is 2.20. The zero-order valence-corrected chi connectivity index (χ0v) is 14.6. The molecule has 1 aromatic heterocycles. The van der Waals surface area contributed by atoms with E-state index in [2.05, 4.69) is 6.58 Å². The van der Waals surface area contributed by atoms with Gasteiger partial charge in [-0.3, -0.25) is 4.79 Å². The average Bonchev–Trinajstić information content (AvgIpc) is 2.94. The van der Waals surface area contributed by atoms with Crippen LogP contribution >= 0.6 is 11.6 Å². The molecular weight excluding hydrogens is 339 g/mol. The first-order valence-electron chi connectivity index (χ1n) is 7.90. The van der Waals surface area contributed by atoms with E-state index < -0.39 is 0 Å². The molecule has 0 fully saturated rings. The van der Waals surface area contributed by atoms with Crippen molar-refractivity contribution >= 4 is 28.4 Å². The lowest BCUT2D eigenvalue weighted by atomic mass is 10.2. The van der Waals surface area contributed by atoms with Crippen LogP contribution in [0.3, 0.4) is 0 Å². The van der Waals surface area contributed by atoms with Crippen LogP contribution in [-0.4, -0.2) is 21.9 Å². The van der Waals surface area contributed by atoms with Gasteiger partial charge in [-0.15, -0.1) is 6.58 Å². The van der Waals surface area contributed by atoms with Crippen LogP contribution in [0.5, 0.6) is 0 Å². The van der Waals surface area contributed by atoms with Gasteiger partial charge in [0, 0.05) is 30.5 Å². The summed E-state index contributed by atoms with van der Waals surface area (Å²) in [7, 11) is 1.77. The Morgan fingerprint density at radius 3 is 2.64 bits per heavy atom. The number of rotatable bonds is 5. The van der Waals surface area contributed by atoms with Crippen molar-refractivity contribution in [3.8, 4) is 0 Å². The fourth-order valence-corrected chi connectivity index (χ4v) is 3.00. The Labute approximate surface area is 150 Å². The van der Waals surface area contributed by atoms with Crippen LogP contribution in [0.2, 0.25) is 5.02 Å². The van der Waals surface area contributed by atoms with Crippen molar-refractivity contribution < 1.29 is 9.18 Å². The van der Waals surface area contributed by atoms with Crippen molar-refractivity contribution in [1.82, 2.24) is 9.47 Å². The first kappa shape index (κ1) is 17.2. The SMILES string of the molecule is C=CCN(Cc1ccc(Cl)cc1)C(=O)c1cc2c(F)cccc2n1C. The first-order valence-corrected chi connectivity index (χ1v) is 8.27. The molecule has 2 aromatic carbocycles. The maximum Gasteiger partial charge on any atom is 0.271 e. The topological polar surface area (TPSA) is 25.2 Å². The van der Waals surface area contributed by atoms with Crippen LogP contribution in [-0.2, 0) is 13.6 Å². The largest absolute Gasteiger partial charge is 0.340 e. The fraction of sp³-hybridized carbons (Fsp3) is 0.150. The third-order valence-corrected chi connectivity index (χ3v) is 4.43. The molecule has 1 heterocycles. The number of aromatic nitrogens is 1. The number of halogens is 2. The number of nitrogens with zero attached hydrogens (tertiary/aromatic N) is 2. The molecule has 0 saturated carbocycles. The smallest absolute Gasteiger partial charge is 0.271 e. The molecule has 25 heavy (non-hydrogen) atoms. The third kappa shape index (κ3) is 3.44. The number of amides is 1. The molecule has 0 saturated heterocycles. The molecule has 0 radical (unpaired) electrons. The quantitative estimate of drug-likeness (QED) is 0.603. The van der Waals surface area contributed by atoms with Gasteiger partial charge in [-0.05, 0) is 35.9 Å². The zero-order valence-electron chi connectivity index (χ0n) is 13.9. The predicted molar refractivity (Wildman–Crippen MR) is 99.3 cm³/mol. The normalized spacial score (nSPS) is 10.8. The lowest BCUT2D eigenvalue weighted by Crippen LogP contribution is -2.32. The Bertz CT molecular complexity index is 931. The summed E-state index contributed by atoms with van der Waals surface area (Å²) >= 11 is 5.91. The van der Waals surface area contributed by atoms with Crippen molar-refractivity contribution in [3.63, 3.8) is 0 Å². The summed E-state index contributed by atoms with van der Waals surface area (Å²) in [5.74, 6) is -0.506. The number of hydrogen-bond donors (Lipinski definition) is 0. The van der Waals surface area contributed by atoms with Gasteiger partial charge in [0.25, 0.3) is 5.91 Å². The maximum atomic E-state index is 14.0. The van der Waals surface area contributed by atoms with Gasteiger partial charge in [0.1, 0.15) is 11.5 Å². The lowest BCUT2D eigenvalue weighted by Gasteiger charge is -2.21. The number of hydrogen-bond acceptors (Lipinski definition) is 1. The summed E-state index contributed by atoms with van der Waals surface area (Å²) in [5.41, 5.74) is 2.09. The Balaban J connectivity index is 1.95. The maximum absolute atomic E-state index is 14.0. The van der Waals surface area contributed by atoms with Gasteiger partial charge in [-0.2, -0.15) is 0 Å². The van der Waals surface area contributed by atoms with Gasteiger partial charge in [0.05, 0.1) is 5.52 Å².